The van der Waals surface area contributed by atoms with E-state index in [1.807, 2.05) is 48.1 Å². The third-order valence-electron chi connectivity index (χ3n) is 7.30. The topological polar surface area (TPSA) is 59.8 Å². The number of benzene rings is 1. The molecule has 1 amide bonds. The van der Waals surface area contributed by atoms with Crippen LogP contribution in [0, 0.1) is 24.7 Å². The molecule has 5 nitrogen and oxygen atoms in total. The van der Waals surface area contributed by atoms with Gasteiger partial charge in [0.2, 0.25) is 0 Å². The van der Waals surface area contributed by atoms with E-state index in [9.17, 15) is 4.79 Å². The number of aromatic nitrogens is 3. The zero-order valence-electron chi connectivity index (χ0n) is 18.1. The van der Waals surface area contributed by atoms with Crippen LogP contribution in [0.25, 0.3) is 22.2 Å². The normalized spacial score (nSPS) is 23.8. The quantitative estimate of drug-likeness (QED) is 0.655. The number of carbonyl (C=O) groups is 1. The van der Waals surface area contributed by atoms with Gasteiger partial charge in [-0.3, -0.25) is 9.48 Å². The molecule has 0 saturated heterocycles. The number of nitrogens with one attached hydrogen (secondary N) is 1. The molecular formula is C25H30N4O. The number of pyridine rings is 1. The minimum Gasteiger partial charge on any atom is -0.349 e. The molecule has 1 aromatic carbocycles. The fraction of sp³-hybridized carbons (Fsp3) is 0.480. The van der Waals surface area contributed by atoms with E-state index < -0.39 is 0 Å². The van der Waals surface area contributed by atoms with Gasteiger partial charge in [0, 0.05) is 29.7 Å². The summed E-state index contributed by atoms with van der Waals surface area (Å²) in [7, 11) is 0. The number of amides is 1. The van der Waals surface area contributed by atoms with Crippen molar-refractivity contribution in [1.82, 2.24) is 20.1 Å². The van der Waals surface area contributed by atoms with E-state index in [1.165, 1.54) is 25.7 Å². The summed E-state index contributed by atoms with van der Waals surface area (Å²) in [4.78, 5) is 18.3. The molecule has 2 aliphatic rings. The molecule has 5 rings (SSSR count). The van der Waals surface area contributed by atoms with Crippen molar-refractivity contribution in [3.8, 4) is 11.3 Å². The second kappa shape index (κ2) is 7.53. The number of nitrogens with zero attached hydrogens (tertiary/aromatic N) is 3. The minimum absolute atomic E-state index is 0.00524. The molecule has 0 spiro atoms. The Hall–Kier alpha value is -2.69. The highest BCUT2D eigenvalue weighted by Crippen LogP contribution is 2.49. The highest BCUT2D eigenvalue weighted by atomic mass is 16.1. The van der Waals surface area contributed by atoms with Crippen LogP contribution in [0.4, 0.5) is 0 Å². The molecule has 5 heteroatoms. The molecule has 1 N–H and O–H groups in total. The van der Waals surface area contributed by atoms with E-state index in [1.54, 1.807) is 0 Å². The molecule has 0 unspecified atom stereocenters. The van der Waals surface area contributed by atoms with Gasteiger partial charge in [0.25, 0.3) is 5.91 Å². The number of carbonyl (C=O) groups excluding carboxylic acids is 1. The largest absolute Gasteiger partial charge is 0.349 e. The molecule has 4 atom stereocenters. The molecule has 156 valence electrons. The monoisotopic (exact) mass is 402 g/mol. The third-order valence-corrected chi connectivity index (χ3v) is 7.30. The Balaban J connectivity index is 1.49. The maximum absolute atomic E-state index is 13.4. The van der Waals surface area contributed by atoms with E-state index in [-0.39, 0.29) is 11.9 Å². The maximum atomic E-state index is 13.4. The van der Waals surface area contributed by atoms with E-state index in [0.717, 1.165) is 46.2 Å². The highest BCUT2D eigenvalue weighted by molar-refractivity contribution is 6.07. The summed E-state index contributed by atoms with van der Waals surface area (Å²) in [5.41, 5.74) is 4.27. The summed E-state index contributed by atoms with van der Waals surface area (Å²) in [6.45, 7) is 7.06. The Morgan fingerprint density at radius 1 is 1.27 bits per heavy atom. The Kier molecular flexibility index (Phi) is 4.84. The van der Waals surface area contributed by atoms with Gasteiger partial charge in [0.1, 0.15) is 0 Å². The summed E-state index contributed by atoms with van der Waals surface area (Å²) in [6.07, 6.45) is 7.35. The molecule has 2 fully saturated rings. The van der Waals surface area contributed by atoms with Gasteiger partial charge in [-0.15, -0.1) is 0 Å². The minimum atomic E-state index is 0.00524. The molecule has 2 aliphatic carbocycles. The average molecular weight is 403 g/mol. The van der Waals surface area contributed by atoms with Gasteiger partial charge in [-0.2, -0.15) is 5.10 Å². The Labute approximate surface area is 177 Å². The van der Waals surface area contributed by atoms with Crippen molar-refractivity contribution >= 4 is 16.8 Å². The second-order valence-corrected chi connectivity index (χ2v) is 9.16. The standard InChI is InChI=1S/C25H30N4O/c1-4-29-14-22(16(3)28-29)24-13-21(19-7-5-6-8-23(19)27-24)25(30)26-15(2)20-12-17-9-10-18(20)11-17/h5-8,13-15,17-18,20H,4,9-12H2,1-3H3,(H,26,30)/t15-,17-,18-,20+/m1/s1. The van der Waals surface area contributed by atoms with E-state index in [2.05, 4.69) is 24.3 Å². The van der Waals surface area contributed by atoms with Crippen molar-refractivity contribution in [3.05, 3.63) is 47.8 Å². The number of para-hydroxylation sites is 1. The zero-order chi connectivity index (χ0) is 20.8. The predicted molar refractivity (Wildman–Crippen MR) is 119 cm³/mol. The van der Waals surface area contributed by atoms with Crippen LogP contribution in [0.3, 0.4) is 0 Å². The molecular weight excluding hydrogens is 372 g/mol. The fourth-order valence-corrected chi connectivity index (χ4v) is 5.73. The summed E-state index contributed by atoms with van der Waals surface area (Å²) in [5, 5.41) is 8.80. The van der Waals surface area contributed by atoms with Gasteiger partial charge in [-0.1, -0.05) is 24.6 Å². The van der Waals surface area contributed by atoms with Gasteiger partial charge in [-0.05, 0) is 69.9 Å². The lowest BCUT2D eigenvalue weighted by Crippen LogP contribution is -2.40. The Morgan fingerprint density at radius 2 is 2.10 bits per heavy atom. The molecule has 3 aromatic rings. The van der Waals surface area contributed by atoms with E-state index >= 15 is 0 Å². The summed E-state index contributed by atoms with van der Waals surface area (Å²) >= 11 is 0. The smallest absolute Gasteiger partial charge is 0.252 e. The fourth-order valence-electron chi connectivity index (χ4n) is 5.73. The van der Waals surface area contributed by atoms with Crippen molar-refractivity contribution < 1.29 is 4.79 Å². The van der Waals surface area contributed by atoms with Crippen LogP contribution in [-0.2, 0) is 6.54 Å². The average Bonchev–Trinajstić information content (AvgIpc) is 3.48. The molecule has 30 heavy (non-hydrogen) atoms. The van der Waals surface area contributed by atoms with Crippen LogP contribution in [0.2, 0.25) is 0 Å². The molecule has 2 heterocycles. The molecule has 2 aromatic heterocycles. The van der Waals surface area contributed by atoms with Crippen molar-refractivity contribution in [2.24, 2.45) is 17.8 Å². The summed E-state index contributed by atoms with van der Waals surface area (Å²) in [5.74, 6) is 2.29. The molecule has 0 aliphatic heterocycles. The third kappa shape index (κ3) is 3.30. The van der Waals surface area contributed by atoms with Gasteiger partial charge in [0.15, 0.2) is 0 Å². The van der Waals surface area contributed by atoms with Crippen LogP contribution in [0.1, 0.15) is 55.6 Å². The summed E-state index contributed by atoms with van der Waals surface area (Å²) in [6, 6.07) is 10.1. The number of hydrogen-bond donors (Lipinski definition) is 1. The van der Waals surface area contributed by atoms with Crippen molar-refractivity contribution in [2.75, 3.05) is 0 Å². The van der Waals surface area contributed by atoms with Crippen LogP contribution in [0.15, 0.2) is 36.5 Å². The lowest BCUT2D eigenvalue weighted by atomic mass is 9.84. The van der Waals surface area contributed by atoms with Crippen molar-refractivity contribution in [1.29, 1.82) is 0 Å². The molecule has 0 radical (unpaired) electrons. The lowest BCUT2D eigenvalue weighted by Gasteiger charge is -2.28. The van der Waals surface area contributed by atoms with Gasteiger partial charge in [-0.25, -0.2) is 4.98 Å². The predicted octanol–water partition coefficient (Wildman–Crippen LogP) is 4.98. The maximum Gasteiger partial charge on any atom is 0.252 e. The Bertz CT molecular complexity index is 1100. The van der Waals surface area contributed by atoms with Crippen molar-refractivity contribution in [2.45, 2.75) is 59.0 Å². The van der Waals surface area contributed by atoms with Crippen LogP contribution in [-0.4, -0.2) is 26.7 Å². The zero-order valence-corrected chi connectivity index (χ0v) is 18.1. The van der Waals surface area contributed by atoms with Gasteiger partial charge < -0.3 is 5.32 Å². The van der Waals surface area contributed by atoms with Crippen LogP contribution < -0.4 is 5.32 Å². The van der Waals surface area contributed by atoms with Crippen LogP contribution in [0.5, 0.6) is 0 Å². The first-order chi connectivity index (χ1) is 14.5. The summed E-state index contributed by atoms with van der Waals surface area (Å²) < 4.78 is 1.92. The highest BCUT2D eigenvalue weighted by Gasteiger charge is 2.42. The first kappa shape index (κ1) is 19.3. The first-order valence-electron chi connectivity index (χ1n) is 11.3. The second-order valence-electron chi connectivity index (χ2n) is 9.16. The van der Waals surface area contributed by atoms with Gasteiger partial charge >= 0.3 is 0 Å². The van der Waals surface area contributed by atoms with E-state index in [0.29, 0.717) is 11.5 Å². The van der Waals surface area contributed by atoms with Crippen LogP contribution >= 0.6 is 0 Å². The Morgan fingerprint density at radius 3 is 2.80 bits per heavy atom. The lowest BCUT2D eigenvalue weighted by molar-refractivity contribution is 0.0917. The molecule has 2 saturated carbocycles. The first-order valence-corrected chi connectivity index (χ1v) is 11.3. The SMILES string of the molecule is CCn1cc(-c2cc(C(=O)N[C@H](C)[C@@H]3C[C@@H]4CC[C@@H]3C4)c3ccccc3n2)c(C)n1. The van der Waals surface area contributed by atoms with E-state index in [4.69, 9.17) is 4.98 Å². The number of rotatable bonds is 5. The molecule has 2 bridgehead atoms. The van der Waals surface area contributed by atoms with Crippen molar-refractivity contribution in [3.63, 3.8) is 0 Å². The number of fused-ring (bicyclic) bond motifs is 3. The number of aryl methyl sites for hydroxylation is 2. The number of hydrogen-bond acceptors (Lipinski definition) is 3. The van der Waals surface area contributed by atoms with Gasteiger partial charge in [0.05, 0.1) is 22.5 Å².